The third-order valence-corrected chi connectivity index (χ3v) is 24.3. The molecule has 0 unspecified atom stereocenters. The van der Waals surface area contributed by atoms with Crippen molar-refractivity contribution < 1.29 is 0 Å². The second-order valence-electron chi connectivity index (χ2n) is 18.4. The number of aromatic nitrogens is 2. The van der Waals surface area contributed by atoms with Crippen LogP contribution in [0.2, 0.25) is 0 Å². The van der Waals surface area contributed by atoms with Crippen molar-refractivity contribution in [1.29, 1.82) is 0 Å². The molecule has 2 aromatic heterocycles. The molecule has 0 spiro atoms. The van der Waals surface area contributed by atoms with Crippen LogP contribution in [0.1, 0.15) is 0 Å². The fraction of sp³-hybridized carbons (Fsp3) is 0. The van der Waals surface area contributed by atoms with Gasteiger partial charge in [-0.2, -0.15) is 0 Å². The molecule has 11 aromatic carbocycles. The van der Waals surface area contributed by atoms with E-state index in [1.165, 1.54) is 85.1 Å². The van der Waals surface area contributed by atoms with E-state index >= 15 is 0 Å². The summed E-state index contributed by atoms with van der Waals surface area (Å²) in [7, 11) is -5.63. The molecule has 13 aromatic rings. The second kappa shape index (κ2) is 17.2. The van der Waals surface area contributed by atoms with E-state index in [0.717, 1.165) is 11.4 Å². The number of nitrogens with zero attached hydrogens (tertiary/aromatic N) is 2. The molecule has 0 bridgehead atoms. The number of hydrogen-bond donors (Lipinski definition) is 0. The zero-order valence-corrected chi connectivity index (χ0v) is 40.6. The van der Waals surface area contributed by atoms with Crippen molar-refractivity contribution >= 4 is 101 Å². The third-order valence-electron chi connectivity index (χ3n) is 14.8. The first-order chi connectivity index (χ1) is 34.8. The number of fused-ring (bicyclic) bond motifs is 7. The van der Waals surface area contributed by atoms with Gasteiger partial charge in [0.2, 0.25) is 0 Å². The standard InChI is InChI=1S/C66H48N2Si2/c1-7-27-51(28-8-1)69(52-29-9-2-10-30-52,53-31-11-3-12-32-53)57-39-23-25-49(47-57)67-63-44-22-20-42-61(63)65-64(67)46-45-60-59-41-19-21-43-62(59)68(66(60)65)50-26-24-40-58(48-50)70(54-33-13-4-14-34-54,55-35-15-5-16-36-55)56-37-17-6-18-38-56/h1-48H. The van der Waals surface area contributed by atoms with Crippen molar-refractivity contribution in [1.82, 2.24) is 9.13 Å². The summed E-state index contributed by atoms with van der Waals surface area (Å²) in [5, 5.41) is 15.8. The first-order valence-electron chi connectivity index (χ1n) is 24.3. The highest BCUT2D eigenvalue weighted by Crippen LogP contribution is 2.42. The molecule has 13 rings (SSSR count). The Kier molecular flexibility index (Phi) is 10.2. The molecule has 0 radical (unpaired) electrons. The minimum atomic E-state index is -2.83. The molecule has 0 amide bonds. The van der Waals surface area contributed by atoms with Crippen LogP contribution < -0.4 is 41.5 Å². The van der Waals surface area contributed by atoms with E-state index in [2.05, 4.69) is 300 Å². The summed E-state index contributed by atoms with van der Waals surface area (Å²) in [6, 6.07) is 109. The number of para-hydroxylation sites is 2. The lowest BCUT2D eigenvalue weighted by Gasteiger charge is -2.34. The van der Waals surface area contributed by atoms with Gasteiger partial charge in [0.15, 0.2) is 16.1 Å². The monoisotopic (exact) mass is 924 g/mol. The van der Waals surface area contributed by atoms with E-state index < -0.39 is 16.1 Å². The summed E-state index contributed by atoms with van der Waals surface area (Å²) < 4.78 is 5.08. The van der Waals surface area contributed by atoms with Crippen molar-refractivity contribution in [3.05, 3.63) is 291 Å². The molecular weight excluding hydrogens is 877 g/mol. The van der Waals surface area contributed by atoms with Gasteiger partial charge < -0.3 is 9.13 Å². The smallest absolute Gasteiger partial charge is 0.179 e. The van der Waals surface area contributed by atoms with Crippen molar-refractivity contribution in [2.45, 2.75) is 0 Å². The average molecular weight is 925 g/mol. The fourth-order valence-corrected chi connectivity index (χ4v) is 21.5. The van der Waals surface area contributed by atoms with Gasteiger partial charge in [-0.05, 0) is 84.0 Å². The SMILES string of the molecule is c1ccc([Si](c2ccccc2)(c2ccccc2)c2cccc(-n3c4ccccc4c4c3ccc3c5ccccc5n(-c5cccc([Si](c6ccccc6)(c6ccccc6)c6ccccc6)c5)c34)c2)cc1. The molecule has 330 valence electrons. The molecule has 2 heterocycles. The predicted octanol–water partition coefficient (Wildman–Crippen LogP) is 10.6. The molecule has 0 saturated heterocycles. The van der Waals surface area contributed by atoms with Crippen LogP contribution in [-0.2, 0) is 0 Å². The van der Waals surface area contributed by atoms with E-state index in [1.807, 2.05) is 0 Å². The van der Waals surface area contributed by atoms with Gasteiger partial charge >= 0.3 is 0 Å². The maximum atomic E-state index is 2.56. The van der Waals surface area contributed by atoms with Gasteiger partial charge in [-0.15, -0.1) is 0 Å². The predicted molar refractivity (Wildman–Crippen MR) is 302 cm³/mol. The molecule has 4 heteroatoms. The summed E-state index contributed by atoms with van der Waals surface area (Å²) in [6.45, 7) is 0. The van der Waals surface area contributed by atoms with Gasteiger partial charge in [-0.25, -0.2) is 0 Å². The fourth-order valence-electron chi connectivity index (χ4n) is 11.9. The number of benzene rings is 11. The van der Waals surface area contributed by atoms with E-state index in [1.54, 1.807) is 0 Å². The van der Waals surface area contributed by atoms with Crippen LogP contribution in [0.5, 0.6) is 0 Å². The molecule has 0 aliphatic heterocycles. The average Bonchev–Trinajstić information content (AvgIpc) is 3.97. The van der Waals surface area contributed by atoms with E-state index in [9.17, 15) is 0 Å². The van der Waals surface area contributed by atoms with Crippen molar-refractivity contribution in [2.75, 3.05) is 0 Å². The molecule has 0 aliphatic carbocycles. The molecule has 0 saturated carbocycles. The largest absolute Gasteiger partial charge is 0.309 e. The van der Waals surface area contributed by atoms with Crippen molar-refractivity contribution in [3.63, 3.8) is 0 Å². The van der Waals surface area contributed by atoms with Crippen LogP contribution >= 0.6 is 0 Å². The normalized spacial score (nSPS) is 12.0. The Morgan fingerprint density at radius 2 is 0.543 bits per heavy atom. The lowest BCUT2D eigenvalue weighted by molar-refractivity contribution is 1.18. The Morgan fingerprint density at radius 1 is 0.214 bits per heavy atom. The lowest BCUT2D eigenvalue weighted by Crippen LogP contribution is -2.74. The van der Waals surface area contributed by atoms with Crippen molar-refractivity contribution in [3.8, 4) is 11.4 Å². The van der Waals surface area contributed by atoms with Gasteiger partial charge in [0, 0.05) is 32.9 Å². The number of rotatable bonds is 10. The Morgan fingerprint density at radius 3 is 0.957 bits per heavy atom. The molecule has 0 fully saturated rings. The Labute approximate surface area is 410 Å². The van der Waals surface area contributed by atoms with Crippen LogP contribution in [0.25, 0.3) is 55.0 Å². The maximum Gasteiger partial charge on any atom is 0.179 e. The highest BCUT2D eigenvalue weighted by Gasteiger charge is 2.43. The quantitative estimate of drug-likeness (QED) is 0.0956. The third kappa shape index (κ3) is 6.38. The van der Waals surface area contributed by atoms with Crippen LogP contribution in [0.15, 0.2) is 291 Å². The van der Waals surface area contributed by atoms with E-state index in [-0.39, 0.29) is 0 Å². The summed E-state index contributed by atoms with van der Waals surface area (Å²) in [6.07, 6.45) is 0. The molecule has 0 N–H and O–H groups in total. The van der Waals surface area contributed by atoms with Gasteiger partial charge in [-0.3, -0.25) is 0 Å². The molecule has 70 heavy (non-hydrogen) atoms. The highest BCUT2D eigenvalue weighted by molar-refractivity contribution is 7.20. The van der Waals surface area contributed by atoms with Crippen LogP contribution in [0, 0.1) is 0 Å². The first-order valence-corrected chi connectivity index (χ1v) is 28.3. The Balaban J connectivity index is 1.09. The van der Waals surface area contributed by atoms with Crippen LogP contribution in [-0.4, -0.2) is 25.3 Å². The van der Waals surface area contributed by atoms with Crippen LogP contribution in [0.3, 0.4) is 0 Å². The maximum absolute atomic E-state index is 2.83. The first kappa shape index (κ1) is 41.6. The Bertz CT molecular complexity index is 3790. The van der Waals surface area contributed by atoms with Gasteiger partial charge in [0.1, 0.15) is 0 Å². The molecule has 0 atom stereocenters. The topological polar surface area (TPSA) is 9.86 Å². The van der Waals surface area contributed by atoms with E-state index in [0.29, 0.717) is 0 Å². The minimum absolute atomic E-state index is 1.15. The van der Waals surface area contributed by atoms with Gasteiger partial charge in [0.25, 0.3) is 0 Å². The van der Waals surface area contributed by atoms with Crippen LogP contribution in [0.4, 0.5) is 0 Å². The number of hydrogen-bond acceptors (Lipinski definition) is 0. The molecule has 0 aliphatic rings. The van der Waals surface area contributed by atoms with Gasteiger partial charge in [-0.1, -0.05) is 249 Å². The molecule has 2 nitrogen and oxygen atoms in total. The summed E-state index contributed by atoms with van der Waals surface area (Å²) >= 11 is 0. The highest BCUT2D eigenvalue weighted by atomic mass is 28.3. The van der Waals surface area contributed by atoms with E-state index in [4.69, 9.17) is 0 Å². The Hall–Kier alpha value is -8.55. The zero-order chi connectivity index (χ0) is 46.5. The molecular formula is C66H48N2Si2. The summed E-state index contributed by atoms with van der Waals surface area (Å²) in [5.41, 5.74) is 7.07. The zero-order valence-electron chi connectivity index (χ0n) is 38.6. The summed E-state index contributed by atoms with van der Waals surface area (Å²) in [4.78, 5) is 0. The van der Waals surface area contributed by atoms with Crippen molar-refractivity contribution in [2.24, 2.45) is 0 Å². The van der Waals surface area contributed by atoms with Gasteiger partial charge in [0.05, 0.1) is 22.1 Å². The minimum Gasteiger partial charge on any atom is -0.309 e. The summed E-state index contributed by atoms with van der Waals surface area (Å²) in [5.74, 6) is 0. The lowest BCUT2D eigenvalue weighted by atomic mass is 10.1. The second-order valence-corrected chi connectivity index (χ2v) is 26.0.